The number of piperazine rings is 1. The predicted octanol–water partition coefficient (Wildman–Crippen LogP) is 2.19. The maximum atomic E-state index is 12.9. The maximum Gasteiger partial charge on any atom is 0.272 e. The molecule has 1 aliphatic rings. The quantitative estimate of drug-likeness (QED) is 0.705. The summed E-state index contributed by atoms with van der Waals surface area (Å²) >= 11 is 0. The largest absolute Gasteiger partial charge is 0.385 e. The van der Waals surface area contributed by atoms with Gasteiger partial charge in [0.05, 0.1) is 0 Å². The van der Waals surface area contributed by atoms with Crippen molar-refractivity contribution < 1.29 is 9.53 Å². The summed E-state index contributed by atoms with van der Waals surface area (Å²) in [4.78, 5) is 25.9. The van der Waals surface area contributed by atoms with Crippen molar-refractivity contribution in [3.63, 3.8) is 0 Å². The number of benzene rings is 1. The van der Waals surface area contributed by atoms with Crippen molar-refractivity contribution in [2.75, 3.05) is 51.8 Å². The molecule has 0 spiro atoms. The fraction of sp³-hybridized carbons (Fsp3) is 0.476. The van der Waals surface area contributed by atoms with E-state index in [4.69, 9.17) is 4.74 Å². The number of carbonyl (C=O) groups is 1. The average molecular weight is 383 g/mol. The molecule has 3 rings (SSSR count). The number of amides is 1. The van der Waals surface area contributed by atoms with Crippen LogP contribution < -0.4 is 5.32 Å². The molecule has 1 aromatic heterocycles. The van der Waals surface area contributed by atoms with Crippen molar-refractivity contribution in [3.8, 4) is 0 Å². The third-order valence-electron chi connectivity index (χ3n) is 4.80. The van der Waals surface area contributed by atoms with E-state index < -0.39 is 0 Å². The Morgan fingerprint density at radius 2 is 1.89 bits per heavy atom. The fourth-order valence-corrected chi connectivity index (χ4v) is 3.31. The molecule has 7 nitrogen and oxygen atoms in total. The Morgan fingerprint density at radius 3 is 2.61 bits per heavy atom. The summed E-state index contributed by atoms with van der Waals surface area (Å²) in [7, 11) is 1.69. The highest BCUT2D eigenvalue weighted by Gasteiger charge is 2.23. The highest BCUT2D eigenvalue weighted by molar-refractivity contribution is 5.93. The molecule has 28 heavy (non-hydrogen) atoms. The Hall–Kier alpha value is -2.51. The van der Waals surface area contributed by atoms with E-state index in [1.165, 1.54) is 5.56 Å². The number of anilines is 1. The molecule has 150 valence electrons. The lowest BCUT2D eigenvalue weighted by Crippen LogP contribution is -2.48. The van der Waals surface area contributed by atoms with Gasteiger partial charge in [0.15, 0.2) is 0 Å². The molecule has 0 radical (unpaired) electrons. The topological polar surface area (TPSA) is 70.6 Å². The summed E-state index contributed by atoms with van der Waals surface area (Å²) in [6.07, 6.45) is 0.881. The number of ether oxygens (including phenoxy) is 1. The molecule has 1 N–H and O–H groups in total. The van der Waals surface area contributed by atoms with Crippen LogP contribution >= 0.6 is 0 Å². The summed E-state index contributed by atoms with van der Waals surface area (Å²) in [6, 6.07) is 12.2. The zero-order chi connectivity index (χ0) is 19.8. The molecule has 1 aromatic carbocycles. The SMILES string of the molecule is COCCCNc1cc(C(=O)N2CCN(Cc3ccccc3)CC2)nc(C)n1. The van der Waals surface area contributed by atoms with Crippen molar-refractivity contribution in [2.45, 2.75) is 19.9 Å². The van der Waals surface area contributed by atoms with Gasteiger partial charge in [0.2, 0.25) is 0 Å². The van der Waals surface area contributed by atoms with Crippen LogP contribution in [0.15, 0.2) is 36.4 Å². The zero-order valence-electron chi connectivity index (χ0n) is 16.7. The summed E-state index contributed by atoms with van der Waals surface area (Å²) in [5.41, 5.74) is 1.76. The summed E-state index contributed by atoms with van der Waals surface area (Å²) in [5.74, 6) is 1.27. The molecule has 2 heterocycles. The Bertz CT molecular complexity index is 761. The van der Waals surface area contributed by atoms with Gasteiger partial charge < -0.3 is 15.0 Å². The van der Waals surface area contributed by atoms with Gasteiger partial charge in [-0.25, -0.2) is 9.97 Å². The van der Waals surface area contributed by atoms with Crippen LogP contribution in [-0.2, 0) is 11.3 Å². The van der Waals surface area contributed by atoms with Gasteiger partial charge in [0.25, 0.3) is 5.91 Å². The first-order valence-corrected chi connectivity index (χ1v) is 9.80. The number of nitrogens with zero attached hydrogens (tertiary/aromatic N) is 4. The van der Waals surface area contributed by atoms with E-state index >= 15 is 0 Å². The fourth-order valence-electron chi connectivity index (χ4n) is 3.31. The molecule has 0 aliphatic carbocycles. The van der Waals surface area contributed by atoms with Gasteiger partial charge >= 0.3 is 0 Å². The molecule has 1 aliphatic heterocycles. The lowest BCUT2D eigenvalue weighted by Gasteiger charge is -2.34. The molecular formula is C21H29N5O2. The van der Waals surface area contributed by atoms with E-state index in [1.807, 2.05) is 17.9 Å². The maximum absolute atomic E-state index is 12.9. The smallest absolute Gasteiger partial charge is 0.272 e. The van der Waals surface area contributed by atoms with Crippen molar-refractivity contribution in [2.24, 2.45) is 0 Å². The number of hydrogen-bond donors (Lipinski definition) is 1. The van der Waals surface area contributed by atoms with Crippen LogP contribution in [0, 0.1) is 6.92 Å². The monoisotopic (exact) mass is 383 g/mol. The van der Waals surface area contributed by atoms with Gasteiger partial charge in [-0.05, 0) is 18.9 Å². The lowest BCUT2D eigenvalue weighted by molar-refractivity contribution is 0.0622. The number of methoxy groups -OCH3 is 1. The Kier molecular flexibility index (Phi) is 7.33. The highest BCUT2D eigenvalue weighted by atomic mass is 16.5. The van der Waals surface area contributed by atoms with Crippen molar-refractivity contribution in [3.05, 3.63) is 53.5 Å². The molecule has 0 saturated carbocycles. The van der Waals surface area contributed by atoms with Crippen LogP contribution in [0.5, 0.6) is 0 Å². The molecule has 7 heteroatoms. The van der Waals surface area contributed by atoms with Crippen LogP contribution in [0.3, 0.4) is 0 Å². The zero-order valence-corrected chi connectivity index (χ0v) is 16.7. The second kappa shape index (κ2) is 10.1. The van der Waals surface area contributed by atoms with Gasteiger partial charge in [-0.2, -0.15) is 0 Å². The normalized spacial score (nSPS) is 14.9. The molecule has 2 aromatic rings. The average Bonchev–Trinajstić information content (AvgIpc) is 2.72. The minimum absolute atomic E-state index is 0.0233. The first kappa shape index (κ1) is 20.2. The third-order valence-corrected chi connectivity index (χ3v) is 4.80. The Balaban J connectivity index is 1.55. The van der Waals surface area contributed by atoms with Crippen LogP contribution in [0.4, 0.5) is 5.82 Å². The minimum atomic E-state index is -0.0233. The van der Waals surface area contributed by atoms with Crippen molar-refractivity contribution in [1.82, 2.24) is 19.8 Å². The number of hydrogen-bond acceptors (Lipinski definition) is 6. The third kappa shape index (κ3) is 5.74. The van der Waals surface area contributed by atoms with Gasteiger partial charge in [0, 0.05) is 59.1 Å². The molecular weight excluding hydrogens is 354 g/mol. The van der Waals surface area contributed by atoms with Crippen LogP contribution in [0.2, 0.25) is 0 Å². The summed E-state index contributed by atoms with van der Waals surface area (Å²) in [5, 5.41) is 3.24. The van der Waals surface area contributed by atoms with Gasteiger partial charge in [-0.3, -0.25) is 9.69 Å². The van der Waals surface area contributed by atoms with Gasteiger partial charge in [-0.15, -0.1) is 0 Å². The van der Waals surface area contributed by atoms with E-state index in [-0.39, 0.29) is 5.91 Å². The standard InChI is InChI=1S/C21H29N5O2/c1-17-23-19(15-20(24-17)22-9-6-14-28-2)21(27)26-12-10-25(11-13-26)16-18-7-4-3-5-8-18/h3-5,7-8,15H,6,9-14,16H2,1-2H3,(H,22,23,24). The van der Waals surface area contributed by atoms with E-state index in [1.54, 1.807) is 13.2 Å². The minimum Gasteiger partial charge on any atom is -0.385 e. The molecule has 1 saturated heterocycles. The summed E-state index contributed by atoms with van der Waals surface area (Å²) < 4.78 is 5.05. The summed E-state index contributed by atoms with van der Waals surface area (Å²) in [6.45, 7) is 7.34. The second-order valence-electron chi connectivity index (χ2n) is 7.01. The Morgan fingerprint density at radius 1 is 1.14 bits per heavy atom. The van der Waals surface area contributed by atoms with E-state index in [9.17, 15) is 4.79 Å². The van der Waals surface area contributed by atoms with Crippen molar-refractivity contribution in [1.29, 1.82) is 0 Å². The van der Waals surface area contributed by atoms with Crippen LogP contribution in [0.25, 0.3) is 0 Å². The number of rotatable bonds is 8. The molecule has 1 fully saturated rings. The van der Waals surface area contributed by atoms with Crippen LogP contribution in [-0.4, -0.2) is 72.1 Å². The number of aryl methyl sites for hydroxylation is 1. The first-order valence-electron chi connectivity index (χ1n) is 9.80. The van der Waals surface area contributed by atoms with E-state index in [0.717, 1.165) is 32.6 Å². The first-order chi connectivity index (χ1) is 13.7. The van der Waals surface area contributed by atoms with Gasteiger partial charge in [0.1, 0.15) is 17.3 Å². The molecule has 0 atom stereocenters. The lowest BCUT2D eigenvalue weighted by atomic mass is 10.2. The Labute approximate surface area is 166 Å². The number of carbonyl (C=O) groups excluding carboxylic acids is 1. The highest BCUT2D eigenvalue weighted by Crippen LogP contribution is 2.13. The van der Waals surface area contributed by atoms with E-state index in [2.05, 4.69) is 44.5 Å². The van der Waals surface area contributed by atoms with Crippen LogP contribution in [0.1, 0.15) is 28.3 Å². The predicted molar refractivity (Wildman–Crippen MR) is 109 cm³/mol. The molecule has 1 amide bonds. The van der Waals surface area contributed by atoms with Crippen molar-refractivity contribution >= 4 is 11.7 Å². The molecule has 0 unspecified atom stereocenters. The van der Waals surface area contributed by atoms with E-state index in [0.29, 0.717) is 37.0 Å². The van der Waals surface area contributed by atoms with Gasteiger partial charge in [-0.1, -0.05) is 30.3 Å². The number of aromatic nitrogens is 2. The molecule has 0 bridgehead atoms. The number of nitrogens with one attached hydrogen (secondary N) is 1. The second-order valence-corrected chi connectivity index (χ2v) is 7.01.